The summed E-state index contributed by atoms with van der Waals surface area (Å²) in [6.07, 6.45) is 5.19. The highest BCUT2D eigenvalue weighted by atomic mass is 16.5. The maximum absolute atomic E-state index is 11.8. The Bertz CT molecular complexity index is 874. The smallest absolute Gasteiger partial charge is 0.258 e. The molecule has 1 saturated carbocycles. The van der Waals surface area contributed by atoms with Crippen LogP contribution in [0.1, 0.15) is 33.1 Å². The van der Waals surface area contributed by atoms with E-state index in [4.69, 9.17) is 9.72 Å². The average molecular weight is 411 g/mol. The molecule has 1 saturated heterocycles. The Morgan fingerprint density at radius 3 is 3.07 bits per heavy atom. The Kier molecular flexibility index (Phi) is 6.44. The van der Waals surface area contributed by atoms with Gasteiger partial charge in [-0.25, -0.2) is 9.97 Å². The van der Waals surface area contributed by atoms with Crippen molar-refractivity contribution in [1.82, 2.24) is 26.1 Å². The van der Waals surface area contributed by atoms with Gasteiger partial charge < -0.3 is 15.4 Å². The summed E-state index contributed by atoms with van der Waals surface area (Å²) in [5.74, 6) is 2.62. The van der Waals surface area contributed by atoms with Gasteiger partial charge in [0.2, 0.25) is 0 Å². The molecule has 2 aliphatic rings. The van der Waals surface area contributed by atoms with Crippen LogP contribution in [0, 0.1) is 5.92 Å². The van der Waals surface area contributed by atoms with Crippen LogP contribution in [0.15, 0.2) is 36.5 Å². The highest BCUT2D eigenvalue weighted by Crippen LogP contribution is 2.29. The van der Waals surface area contributed by atoms with Gasteiger partial charge >= 0.3 is 0 Å². The Labute approximate surface area is 177 Å². The van der Waals surface area contributed by atoms with Crippen LogP contribution in [-0.4, -0.2) is 47.2 Å². The number of hydrogen-bond donors (Lipinski definition) is 4. The van der Waals surface area contributed by atoms with Crippen molar-refractivity contribution in [3.05, 3.63) is 36.5 Å². The SMILES string of the molecule is CC(C)NC(=O)COc1cccc(-c2nccc(NC3CCC4NNCC4C3)n2)c1. The van der Waals surface area contributed by atoms with Gasteiger partial charge in [-0.1, -0.05) is 12.1 Å². The summed E-state index contributed by atoms with van der Waals surface area (Å²) in [6.45, 7) is 4.85. The van der Waals surface area contributed by atoms with E-state index in [-0.39, 0.29) is 18.6 Å². The van der Waals surface area contributed by atoms with Gasteiger partial charge in [-0.05, 0) is 57.2 Å². The zero-order valence-corrected chi connectivity index (χ0v) is 17.5. The molecule has 1 aliphatic heterocycles. The molecular formula is C22H30N6O2. The summed E-state index contributed by atoms with van der Waals surface area (Å²) in [7, 11) is 0. The van der Waals surface area contributed by atoms with Gasteiger partial charge in [0.1, 0.15) is 11.6 Å². The summed E-state index contributed by atoms with van der Waals surface area (Å²) >= 11 is 0. The van der Waals surface area contributed by atoms with Crippen molar-refractivity contribution in [2.24, 2.45) is 5.92 Å². The Hall–Kier alpha value is -2.71. The summed E-state index contributed by atoms with van der Waals surface area (Å²) in [5.41, 5.74) is 7.49. The Morgan fingerprint density at radius 2 is 2.20 bits per heavy atom. The second-order valence-electron chi connectivity index (χ2n) is 8.35. The zero-order valence-electron chi connectivity index (χ0n) is 17.5. The third-order valence-corrected chi connectivity index (χ3v) is 5.55. The molecule has 4 rings (SSSR count). The first-order valence-corrected chi connectivity index (χ1v) is 10.7. The van der Waals surface area contributed by atoms with Crippen LogP contribution >= 0.6 is 0 Å². The van der Waals surface area contributed by atoms with E-state index in [0.29, 0.717) is 29.6 Å². The number of carbonyl (C=O) groups excluding carboxylic acids is 1. The van der Waals surface area contributed by atoms with E-state index in [1.807, 2.05) is 44.2 Å². The fourth-order valence-corrected chi connectivity index (χ4v) is 4.16. The van der Waals surface area contributed by atoms with E-state index in [2.05, 4.69) is 26.5 Å². The number of nitrogens with zero attached hydrogens (tertiary/aromatic N) is 2. The average Bonchev–Trinajstić information content (AvgIpc) is 3.20. The second kappa shape index (κ2) is 9.40. The lowest BCUT2D eigenvalue weighted by Gasteiger charge is -2.31. The predicted octanol–water partition coefficient (Wildman–Crippen LogP) is 2.10. The largest absolute Gasteiger partial charge is 0.484 e. The van der Waals surface area contributed by atoms with Crippen LogP contribution in [0.4, 0.5) is 5.82 Å². The fraction of sp³-hybridized carbons (Fsp3) is 0.500. The summed E-state index contributed by atoms with van der Waals surface area (Å²) in [6, 6.07) is 10.5. The molecule has 0 bridgehead atoms. The number of fused-ring (bicyclic) bond motifs is 1. The number of amides is 1. The molecule has 8 heteroatoms. The van der Waals surface area contributed by atoms with Gasteiger partial charge in [0, 0.05) is 36.4 Å². The van der Waals surface area contributed by atoms with E-state index >= 15 is 0 Å². The van der Waals surface area contributed by atoms with E-state index in [0.717, 1.165) is 37.2 Å². The summed E-state index contributed by atoms with van der Waals surface area (Å²) in [5, 5.41) is 6.40. The molecule has 2 heterocycles. The predicted molar refractivity (Wildman–Crippen MR) is 116 cm³/mol. The van der Waals surface area contributed by atoms with Gasteiger partial charge in [-0.3, -0.25) is 15.6 Å². The minimum Gasteiger partial charge on any atom is -0.484 e. The van der Waals surface area contributed by atoms with Crippen molar-refractivity contribution < 1.29 is 9.53 Å². The van der Waals surface area contributed by atoms with Crippen molar-refractivity contribution >= 4 is 11.7 Å². The van der Waals surface area contributed by atoms with Crippen molar-refractivity contribution in [1.29, 1.82) is 0 Å². The van der Waals surface area contributed by atoms with Crippen molar-refractivity contribution in [3.63, 3.8) is 0 Å². The zero-order chi connectivity index (χ0) is 20.9. The number of benzene rings is 1. The normalized spacial score (nSPS) is 23.1. The van der Waals surface area contributed by atoms with Gasteiger partial charge in [-0.15, -0.1) is 0 Å². The first-order chi connectivity index (χ1) is 14.6. The van der Waals surface area contributed by atoms with Crippen molar-refractivity contribution in [2.75, 3.05) is 18.5 Å². The lowest BCUT2D eigenvalue weighted by molar-refractivity contribution is -0.123. The third-order valence-electron chi connectivity index (χ3n) is 5.55. The number of aromatic nitrogens is 2. The molecule has 3 atom stereocenters. The van der Waals surface area contributed by atoms with Gasteiger partial charge in [0.25, 0.3) is 5.91 Å². The van der Waals surface area contributed by atoms with E-state index in [9.17, 15) is 4.79 Å². The molecule has 0 spiro atoms. The Morgan fingerprint density at radius 1 is 1.30 bits per heavy atom. The third kappa shape index (κ3) is 5.25. The van der Waals surface area contributed by atoms with E-state index < -0.39 is 0 Å². The second-order valence-corrected chi connectivity index (χ2v) is 8.35. The maximum atomic E-state index is 11.8. The number of hydrogen-bond acceptors (Lipinski definition) is 7. The molecule has 0 radical (unpaired) electrons. The monoisotopic (exact) mass is 410 g/mol. The lowest BCUT2D eigenvalue weighted by atomic mass is 9.83. The number of anilines is 1. The van der Waals surface area contributed by atoms with Gasteiger partial charge in [-0.2, -0.15) is 0 Å². The molecule has 1 amide bonds. The van der Waals surface area contributed by atoms with Crippen LogP contribution < -0.4 is 26.2 Å². The standard InChI is InChI=1S/C22H30N6O2/c1-14(2)25-21(29)13-30-18-5-3-4-15(11-18)22-23-9-8-20(27-22)26-17-6-7-19-16(10-17)12-24-28-19/h3-5,8-9,11,14,16-17,19,24,28H,6-7,10,12-13H2,1-2H3,(H,25,29)(H,23,26,27). The number of carbonyl (C=O) groups is 1. The van der Waals surface area contributed by atoms with Crippen LogP contribution in [0.3, 0.4) is 0 Å². The van der Waals surface area contributed by atoms with Crippen LogP contribution in [-0.2, 0) is 4.79 Å². The van der Waals surface area contributed by atoms with Gasteiger partial charge in [0.05, 0.1) is 0 Å². The lowest BCUT2D eigenvalue weighted by Crippen LogP contribution is -2.39. The molecule has 8 nitrogen and oxygen atoms in total. The van der Waals surface area contributed by atoms with Crippen LogP contribution in [0.2, 0.25) is 0 Å². The molecule has 1 aliphatic carbocycles. The van der Waals surface area contributed by atoms with E-state index in [1.54, 1.807) is 6.20 Å². The number of rotatable bonds is 7. The molecule has 2 aromatic rings. The molecule has 30 heavy (non-hydrogen) atoms. The molecule has 3 unspecified atom stereocenters. The quantitative estimate of drug-likeness (QED) is 0.555. The number of nitrogens with one attached hydrogen (secondary N) is 4. The highest BCUT2D eigenvalue weighted by molar-refractivity contribution is 5.77. The molecular weight excluding hydrogens is 380 g/mol. The molecule has 2 fully saturated rings. The molecule has 160 valence electrons. The topological polar surface area (TPSA) is 100 Å². The summed E-state index contributed by atoms with van der Waals surface area (Å²) in [4.78, 5) is 20.9. The van der Waals surface area contributed by atoms with Crippen LogP contribution in [0.25, 0.3) is 11.4 Å². The van der Waals surface area contributed by atoms with Gasteiger partial charge in [0.15, 0.2) is 12.4 Å². The summed E-state index contributed by atoms with van der Waals surface area (Å²) < 4.78 is 5.63. The highest BCUT2D eigenvalue weighted by Gasteiger charge is 2.33. The number of ether oxygens (including phenoxy) is 1. The fourth-order valence-electron chi connectivity index (χ4n) is 4.16. The molecule has 1 aromatic heterocycles. The molecule has 4 N–H and O–H groups in total. The van der Waals surface area contributed by atoms with Crippen molar-refractivity contribution in [2.45, 2.75) is 51.2 Å². The van der Waals surface area contributed by atoms with Crippen molar-refractivity contribution in [3.8, 4) is 17.1 Å². The van der Waals surface area contributed by atoms with E-state index in [1.165, 1.54) is 0 Å². The number of hydrazine groups is 1. The molecule has 1 aromatic carbocycles. The first kappa shape index (κ1) is 20.6. The minimum absolute atomic E-state index is 0.0162. The van der Waals surface area contributed by atoms with Crippen LogP contribution in [0.5, 0.6) is 5.75 Å². The first-order valence-electron chi connectivity index (χ1n) is 10.7. The Balaban J connectivity index is 1.39. The maximum Gasteiger partial charge on any atom is 0.258 e. The minimum atomic E-state index is -0.139.